The van der Waals surface area contributed by atoms with E-state index in [4.69, 9.17) is 4.42 Å². The standard InChI is InChI=1S/C25H26N2O3/c1-3-22(18-7-5-4-6-8-18)25(29)26-21-11-9-19(10-12-21)24-15-20-16-27(17(2)28)14-13-23(20)30-24/h4-12,15,22H,3,13-14,16H2,1-2H3,(H,26,29). The van der Waals surface area contributed by atoms with Crippen LogP contribution in [-0.2, 0) is 22.6 Å². The number of fused-ring (bicyclic) bond motifs is 1. The molecule has 1 aliphatic heterocycles. The second kappa shape index (κ2) is 8.57. The number of anilines is 1. The largest absolute Gasteiger partial charge is 0.461 e. The average molecular weight is 402 g/mol. The maximum atomic E-state index is 12.8. The number of benzene rings is 2. The molecule has 0 saturated carbocycles. The molecule has 1 N–H and O–H groups in total. The Hall–Kier alpha value is -3.34. The second-order valence-corrected chi connectivity index (χ2v) is 7.69. The van der Waals surface area contributed by atoms with Crippen molar-refractivity contribution in [2.75, 3.05) is 11.9 Å². The van der Waals surface area contributed by atoms with Gasteiger partial charge in [-0.05, 0) is 42.3 Å². The highest BCUT2D eigenvalue weighted by Crippen LogP contribution is 2.30. The maximum absolute atomic E-state index is 12.8. The predicted octanol–water partition coefficient (Wildman–Crippen LogP) is 4.98. The minimum absolute atomic E-state index is 0.00534. The third-order valence-electron chi connectivity index (χ3n) is 5.68. The molecule has 0 spiro atoms. The number of amides is 2. The Bertz CT molecular complexity index is 1040. The smallest absolute Gasteiger partial charge is 0.231 e. The summed E-state index contributed by atoms with van der Waals surface area (Å²) in [6, 6.07) is 19.6. The molecule has 1 atom stereocenters. The van der Waals surface area contributed by atoms with E-state index < -0.39 is 0 Å². The lowest BCUT2D eigenvalue weighted by Crippen LogP contribution is -2.33. The van der Waals surface area contributed by atoms with Crippen LogP contribution >= 0.6 is 0 Å². The molecule has 2 heterocycles. The Morgan fingerprint density at radius 1 is 1.10 bits per heavy atom. The first-order valence-corrected chi connectivity index (χ1v) is 10.4. The van der Waals surface area contributed by atoms with E-state index in [0.717, 1.165) is 46.7 Å². The van der Waals surface area contributed by atoms with Crippen molar-refractivity contribution in [2.24, 2.45) is 0 Å². The van der Waals surface area contributed by atoms with Crippen LogP contribution in [0.15, 0.2) is 65.1 Å². The number of nitrogens with zero attached hydrogens (tertiary/aromatic N) is 1. The molecule has 1 aliphatic rings. The molecule has 2 aromatic carbocycles. The summed E-state index contributed by atoms with van der Waals surface area (Å²) in [5.74, 6) is 1.65. The van der Waals surface area contributed by atoms with Crippen molar-refractivity contribution in [3.05, 3.63) is 77.6 Å². The minimum Gasteiger partial charge on any atom is -0.461 e. The summed E-state index contributed by atoms with van der Waals surface area (Å²) in [6.45, 7) is 4.91. The van der Waals surface area contributed by atoms with Gasteiger partial charge in [-0.2, -0.15) is 0 Å². The lowest BCUT2D eigenvalue weighted by atomic mass is 9.95. The Balaban J connectivity index is 1.46. The maximum Gasteiger partial charge on any atom is 0.231 e. The van der Waals surface area contributed by atoms with Crippen molar-refractivity contribution < 1.29 is 14.0 Å². The number of furan rings is 1. The van der Waals surface area contributed by atoms with Crippen LogP contribution in [0.25, 0.3) is 11.3 Å². The van der Waals surface area contributed by atoms with Crippen molar-refractivity contribution >= 4 is 17.5 Å². The molecule has 1 unspecified atom stereocenters. The topological polar surface area (TPSA) is 62.6 Å². The fraction of sp³-hybridized carbons (Fsp3) is 0.280. The summed E-state index contributed by atoms with van der Waals surface area (Å²) in [4.78, 5) is 26.2. The van der Waals surface area contributed by atoms with Crippen molar-refractivity contribution in [1.82, 2.24) is 4.90 Å². The molecular weight excluding hydrogens is 376 g/mol. The summed E-state index contributed by atoms with van der Waals surface area (Å²) < 4.78 is 6.03. The number of carbonyl (C=O) groups is 2. The first-order valence-electron chi connectivity index (χ1n) is 10.4. The summed E-state index contributed by atoms with van der Waals surface area (Å²) in [5, 5.41) is 3.02. The molecule has 4 rings (SSSR count). The molecule has 0 aliphatic carbocycles. The van der Waals surface area contributed by atoms with Crippen LogP contribution in [-0.4, -0.2) is 23.3 Å². The Morgan fingerprint density at radius 3 is 2.50 bits per heavy atom. The van der Waals surface area contributed by atoms with Gasteiger partial charge in [-0.25, -0.2) is 0 Å². The van der Waals surface area contributed by atoms with Crippen LogP contribution < -0.4 is 5.32 Å². The monoisotopic (exact) mass is 402 g/mol. The molecule has 0 saturated heterocycles. The van der Waals surface area contributed by atoms with Crippen LogP contribution in [0.1, 0.15) is 43.1 Å². The number of carbonyl (C=O) groups excluding carboxylic acids is 2. The van der Waals surface area contributed by atoms with Crippen molar-refractivity contribution in [3.63, 3.8) is 0 Å². The van der Waals surface area contributed by atoms with Crippen LogP contribution in [0.4, 0.5) is 5.69 Å². The molecule has 5 heteroatoms. The summed E-state index contributed by atoms with van der Waals surface area (Å²) in [5.41, 5.74) is 3.80. The summed E-state index contributed by atoms with van der Waals surface area (Å²) >= 11 is 0. The van der Waals surface area contributed by atoms with Gasteiger partial charge in [0.05, 0.1) is 5.92 Å². The van der Waals surface area contributed by atoms with Gasteiger partial charge in [-0.1, -0.05) is 37.3 Å². The quantitative estimate of drug-likeness (QED) is 0.654. The van der Waals surface area contributed by atoms with Gasteiger partial charge in [0.15, 0.2) is 0 Å². The average Bonchev–Trinajstić information content (AvgIpc) is 3.19. The van der Waals surface area contributed by atoms with Crippen molar-refractivity contribution in [2.45, 2.75) is 39.2 Å². The van der Waals surface area contributed by atoms with E-state index in [1.807, 2.05) is 72.5 Å². The molecule has 0 fully saturated rings. The molecule has 0 radical (unpaired) electrons. The normalized spacial score (nSPS) is 14.1. The molecular formula is C25H26N2O3. The first kappa shape index (κ1) is 20.0. The van der Waals surface area contributed by atoms with Gasteiger partial charge in [0, 0.05) is 43.2 Å². The lowest BCUT2D eigenvalue weighted by Gasteiger charge is -2.24. The minimum atomic E-state index is -0.174. The van der Waals surface area contributed by atoms with E-state index in [2.05, 4.69) is 5.32 Å². The van der Waals surface area contributed by atoms with Crippen LogP contribution in [0.5, 0.6) is 0 Å². The first-order chi connectivity index (χ1) is 14.5. The van der Waals surface area contributed by atoms with Crippen molar-refractivity contribution in [3.8, 4) is 11.3 Å². The number of hydrogen-bond donors (Lipinski definition) is 1. The van der Waals surface area contributed by atoms with E-state index in [9.17, 15) is 9.59 Å². The Morgan fingerprint density at radius 2 is 1.83 bits per heavy atom. The molecule has 3 aromatic rings. The van der Waals surface area contributed by atoms with Gasteiger partial charge >= 0.3 is 0 Å². The van der Waals surface area contributed by atoms with E-state index in [1.165, 1.54) is 0 Å². The van der Waals surface area contributed by atoms with Gasteiger partial charge in [0.25, 0.3) is 0 Å². The third-order valence-corrected chi connectivity index (χ3v) is 5.68. The Labute approximate surface area is 176 Å². The number of nitrogens with one attached hydrogen (secondary N) is 1. The van der Waals surface area contributed by atoms with Crippen molar-refractivity contribution in [1.29, 1.82) is 0 Å². The SMILES string of the molecule is CCC(C(=O)Nc1ccc(-c2cc3c(o2)CCN(C(C)=O)C3)cc1)c1ccccc1. The van der Waals surface area contributed by atoms with Crippen LogP contribution in [0, 0.1) is 0 Å². The number of hydrogen-bond acceptors (Lipinski definition) is 3. The fourth-order valence-electron chi connectivity index (χ4n) is 3.95. The number of rotatable bonds is 5. The molecule has 0 bridgehead atoms. The molecule has 154 valence electrons. The highest BCUT2D eigenvalue weighted by atomic mass is 16.3. The molecule has 5 nitrogen and oxygen atoms in total. The van der Waals surface area contributed by atoms with Gasteiger partial charge in [-0.3, -0.25) is 9.59 Å². The highest BCUT2D eigenvalue weighted by Gasteiger charge is 2.23. The van der Waals surface area contributed by atoms with Gasteiger partial charge in [-0.15, -0.1) is 0 Å². The molecule has 1 aromatic heterocycles. The van der Waals surface area contributed by atoms with Gasteiger partial charge in [0.1, 0.15) is 11.5 Å². The lowest BCUT2D eigenvalue weighted by molar-refractivity contribution is -0.129. The van der Waals surface area contributed by atoms with E-state index >= 15 is 0 Å². The molecule has 30 heavy (non-hydrogen) atoms. The van der Waals surface area contributed by atoms with E-state index in [-0.39, 0.29) is 17.7 Å². The molecule has 2 amide bonds. The van der Waals surface area contributed by atoms with E-state index in [0.29, 0.717) is 13.1 Å². The Kier molecular flexibility index (Phi) is 5.70. The highest BCUT2D eigenvalue weighted by molar-refractivity contribution is 5.96. The van der Waals surface area contributed by atoms with E-state index in [1.54, 1.807) is 6.92 Å². The zero-order valence-electron chi connectivity index (χ0n) is 17.4. The predicted molar refractivity (Wildman–Crippen MR) is 117 cm³/mol. The zero-order valence-corrected chi connectivity index (χ0v) is 17.4. The van der Waals surface area contributed by atoms with Crippen LogP contribution in [0.3, 0.4) is 0 Å². The summed E-state index contributed by atoms with van der Waals surface area (Å²) in [7, 11) is 0. The zero-order chi connectivity index (χ0) is 21.1. The third kappa shape index (κ3) is 4.15. The fourth-order valence-corrected chi connectivity index (χ4v) is 3.95. The summed E-state index contributed by atoms with van der Waals surface area (Å²) in [6.07, 6.45) is 1.48. The van der Waals surface area contributed by atoms with Gasteiger partial charge in [0.2, 0.25) is 11.8 Å². The van der Waals surface area contributed by atoms with Crippen LogP contribution in [0.2, 0.25) is 0 Å². The second-order valence-electron chi connectivity index (χ2n) is 7.69. The van der Waals surface area contributed by atoms with Gasteiger partial charge < -0.3 is 14.6 Å².